The highest BCUT2D eigenvalue weighted by Gasteiger charge is 2.65. The molecule has 2 rings (SSSR count). The summed E-state index contributed by atoms with van der Waals surface area (Å²) in [4.78, 5) is 0. The summed E-state index contributed by atoms with van der Waals surface area (Å²) in [7, 11) is 1.38. The first-order valence-electron chi connectivity index (χ1n) is 4.25. The van der Waals surface area contributed by atoms with Gasteiger partial charge < -0.3 is 4.74 Å². The Hall–Kier alpha value is -1.11. The molecule has 0 amide bonds. The maximum atomic E-state index is 12.7. The van der Waals surface area contributed by atoms with Crippen LogP contribution in [0.25, 0.3) is 0 Å². The normalized spacial score (nSPS) is 17.3. The fraction of sp³-hybridized carbons (Fsp3) is 0.333. The van der Waals surface area contributed by atoms with Crippen LogP contribution in [0, 0.1) is 0 Å². The number of hydrogen-bond donors (Lipinski definition) is 0. The molecule has 0 spiro atoms. The molecule has 0 aliphatic carbocycles. The molecule has 0 saturated heterocycles. The molecule has 1 aromatic carbocycles. The lowest BCUT2D eigenvalue weighted by molar-refractivity contribution is -0.166. The van der Waals surface area contributed by atoms with E-state index in [-0.39, 0.29) is 5.56 Å². The molecule has 0 radical (unpaired) electrons. The van der Waals surface area contributed by atoms with E-state index in [1.807, 2.05) is 0 Å². The maximum Gasteiger partial charge on any atom is 0.442 e. The number of hydrogen-bond acceptors (Lipinski definition) is 3. The molecule has 1 aliphatic heterocycles. The molecule has 0 atom stereocenters. The van der Waals surface area contributed by atoms with Crippen molar-refractivity contribution in [1.82, 2.24) is 0 Å². The minimum atomic E-state index is -4.53. The summed E-state index contributed by atoms with van der Waals surface area (Å²) in [6.07, 6.45) is -4.53. The average Bonchev–Trinajstić information content (AvgIpc) is 2.98. The predicted octanol–water partition coefficient (Wildman–Crippen LogP) is 3.64. The Morgan fingerprint density at radius 1 is 1.31 bits per heavy atom. The lowest BCUT2D eigenvalue weighted by Crippen LogP contribution is -2.30. The minimum absolute atomic E-state index is 0.0562. The van der Waals surface area contributed by atoms with E-state index in [1.54, 1.807) is 6.07 Å². The van der Waals surface area contributed by atoms with Gasteiger partial charge in [-0.25, -0.2) is 0 Å². The zero-order valence-electron chi connectivity index (χ0n) is 8.05. The van der Waals surface area contributed by atoms with Crippen LogP contribution < -0.4 is 4.74 Å². The monoisotopic (exact) mass is 294 g/mol. The van der Waals surface area contributed by atoms with Crippen molar-refractivity contribution in [2.24, 2.45) is 10.2 Å². The molecule has 1 aliphatic rings. The van der Waals surface area contributed by atoms with Gasteiger partial charge in [0, 0.05) is 10.0 Å². The topological polar surface area (TPSA) is 34.0 Å². The first-order valence-corrected chi connectivity index (χ1v) is 5.05. The van der Waals surface area contributed by atoms with Crippen LogP contribution in [0.15, 0.2) is 32.9 Å². The molecule has 16 heavy (non-hydrogen) atoms. The van der Waals surface area contributed by atoms with Crippen molar-refractivity contribution < 1.29 is 17.9 Å². The zero-order chi connectivity index (χ0) is 12.0. The summed E-state index contributed by atoms with van der Waals surface area (Å²) < 4.78 is 43.4. The largest absolute Gasteiger partial charge is 0.497 e. The van der Waals surface area contributed by atoms with Crippen LogP contribution in [0.5, 0.6) is 5.75 Å². The van der Waals surface area contributed by atoms with Gasteiger partial charge in [0.25, 0.3) is 0 Å². The van der Waals surface area contributed by atoms with Crippen LogP contribution >= 0.6 is 15.9 Å². The Kier molecular flexibility index (Phi) is 2.45. The number of rotatable bonds is 2. The van der Waals surface area contributed by atoms with Gasteiger partial charge in [-0.15, -0.1) is 10.2 Å². The lowest BCUT2D eigenvalue weighted by atomic mass is 10.0. The number of alkyl halides is 3. The molecular weight excluding hydrogens is 289 g/mol. The van der Waals surface area contributed by atoms with Crippen LogP contribution in [-0.2, 0) is 5.66 Å². The first kappa shape index (κ1) is 11.4. The van der Waals surface area contributed by atoms with Crippen molar-refractivity contribution in [3.63, 3.8) is 0 Å². The van der Waals surface area contributed by atoms with E-state index in [0.717, 1.165) is 0 Å². The van der Waals surface area contributed by atoms with Gasteiger partial charge in [0.2, 0.25) is 0 Å². The number of methoxy groups -OCH3 is 1. The smallest absolute Gasteiger partial charge is 0.442 e. The summed E-state index contributed by atoms with van der Waals surface area (Å²) in [6, 6.07) is 4.31. The summed E-state index contributed by atoms with van der Waals surface area (Å²) in [6.45, 7) is 0. The Morgan fingerprint density at radius 2 is 1.94 bits per heavy atom. The fourth-order valence-corrected chi connectivity index (χ4v) is 1.85. The van der Waals surface area contributed by atoms with Crippen molar-refractivity contribution in [3.8, 4) is 5.75 Å². The van der Waals surface area contributed by atoms with E-state index in [0.29, 0.717) is 10.2 Å². The van der Waals surface area contributed by atoms with E-state index >= 15 is 0 Å². The molecule has 3 nitrogen and oxygen atoms in total. The second kappa shape index (κ2) is 3.44. The van der Waals surface area contributed by atoms with E-state index in [1.165, 1.54) is 19.2 Å². The Balaban J connectivity index is 2.48. The van der Waals surface area contributed by atoms with Crippen molar-refractivity contribution >= 4 is 15.9 Å². The third-order valence-electron chi connectivity index (χ3n) is 2.24. The predicted molar refractivity (Wildman–Crippen MR) is 53.3 cm³/mol. The van der Waals surface area contributed by atoms with E-state index in [9.17, 15) is 13.2 Å². The molecular formula is C9H6BrF3N2O. The molecule has 0 aromatic heterocycles. The first-order chi connectivity index (χ1) is 7.40. The van der Waals surface area contributed by atoms with Crippen LogP contribution in [0.2, 0.25) is 0 Å². The highest BCUT2D eigenvalue weighted by atomic mass is 79.9. The summed E-state index contributed by atoms with van der Waals surface area (Å²) >= 11 is 3.05. The van der Waals surface area contributed by atoms with Crippen molar-refractivity contribution in [1.29, 1.82) is 0 Å². The van der Waals surface area contributed by atoms with Crippen LogP contribution in [0.1, 0.15) is 5.56 Å². The van der Waals surface area contributed by atoms with Crippen molar-refractivity contribution in [2.75, 3.05) is 7.11 Å². The van der Waals surface area contributed by atoms with Crippen molar-refractivity contribution in [3.05, 3.63) is 28.2 Å². The van der Waals surface area contributed by atoms with Gasteiger partial charge in [-0.05, 0) is 18.2 Å². The summed E-state index contributed by atoms with van der Waals surface area (Å²) in [5.41, 5.74) is -2.47. The molecule has 0 fully saturated rings. The Labute approximate surface area is 97.4 Å². The molecule has 0 saturated carbocycles. The molecule has 1 aromatic rings. The third kappa shape index (κ3) is 1.59. The van der Waals surface area contributed by atoms with Gasteiger partial charge in [-0.3, -0.25) is 0 Å². The van der Waals surface area contributed by atoms with Gasteiger partial charge in [0.15, 0.2) is 0 Å². The second-order valence-corrected chi connectivity index (χ2v) is 4.07. The number of ether oxygens (including phenoxy) is 1. The number of halogens is 4. The molecule has 86 valence electrons. The second-order valence-electron chi connectivity index (χ2n) is 3.22. The highest BCUT2D eigenvalue weighted by Crippen LogP contribution is 2.54. The quantitative estimate of drug-likeness (QED) is 0.820. The minimum Gasteiger partial charge on any atom is -0.497 e. The standard InChI is InChI=1S/C9H6BrF3N2O/c1-16-5-2-3-7(10)6(4-5)8(14-15-8)9(11,12)13/h2-4H,1H3. The molecule has 0 bridgehead atoms. The summed E-state index contributed by atoms with van der Waals surface area (Å²) in [5, 5.41) is 6.25. The van der Waals surface area contributed by atoms with E-state index in [4.69, 9.17) is 4.74 Å². The molecule has 0 unspecified atom stereocenters. The number of benzene rings is 1. The molecule has 1 heterocycles. The SMILES string of the molecule is COc1ccc(Br)c(C2(C(F)(F)F)N=N2)c1. The van der Waals surface area contributed by atoms with Gasteiger partial charge in [-0.1, -0.05) is 15.9 Å². The van der Waals surface area contributed by atoms with Gasteiger partial charge in [-0.2, -0.15) is 13.2 Å². The Morgan fingerprint density at radius 3 is 2.38 bits per heavy atom. The van der Waals surface area contributed by atoms with Crippen LogP contribution in [-0.4, -0.2) is 13.3 Å². The lowest BCUT2D eigenvalue weighted by Gasteiger charge is -2.16. The number of nitrogens with zero attached hydrogens (tertiary/aromatic N) is 2. The van der Waals surface area contributed by atoms with Gasteiger partial charge in [0.1, 0.15) is 5.75 Å². The maximum absolute atomic E-state index is 12.7. The third-order valence-corrected chi connectivity index (χ3v) is 2.94. The van der Waals surface area contributed by atoms with Gasteiger partial charge >= 0.3 is 11.8 Å². The molecule has 7 heteroatoms. The van der Waals surface area contributed by atoms with Crippen LogP contribution in [0.3, 0.4) is 0 Å². The molecule has 0 N–H and O–H groups in total. The van der Waals surface area contributed by atoms with Crippen LogP contribution in [0.4, 0.5) is 13.2 Å². The Bertz CT molecular complexity index is 453. The fourth-order valence-electron chi connectivity index (χ4n) is 1.32. The highest BCUT2D eigenvalue weighted by molar-refractivity contribution is 9.10. The van der Waals surface area contributed by atoms with E-state index < -0.39 is 11.8 Å². The zero-order valence-corrected chi connectivity index (χ0v) is 9.63. The average molecular weight is 295 g/mol. The van der Waals surface area contributed by atoms with Crippen molar-refractivity contribution in [2.45, 2.75) is 11.8 Å². The van der Waals surface area contributed by atoms with E-state index in [2.05, 4.69) is 26.2 Å². The van der Waals surface area contributed by atoms with Gasteiger partial charge in [0.05, 0.1) is 7.11 Å². The summed E-state index contributed by atoms with van der Waals surface area (Å²) in [5.74, 6) is 0.333.